The van der Waals surface area contributed by atoms with Gasteiger partial charge in [-0.05, 0) is 62.2 Å². The van der Waals surface area contributed by atoms with Crippen LogP contribution in [0.3, 0.4) is 0 Å². The van der Waals surface area contributed by atoms with Gasteiger partial charge in [-0.1, -0.05) is 13.8 Å². The lowest BCUT2D eigenvalue weighted by Crippen LogP contribution is -2.63. The number of hydrogen-bond donors (Lipinski definition) is 1. The normalized spacial score (nSPS) is 44.4. The topological polar surface area (TPSA) is 29.9 Å². The van der Waals surface area contributed by atoms with Crippen molar-refractivity contribution in [1.29, 1.82) is 0 Å². The van der Waals surface area contributed by atoms with Gasteiger partial charge < -0.3 is 9.88 Å². The van der Waals surface area contributed by atoms with Crippen molar-refractivity contribution in [1.82, 2.24) is 14.9 Å². The van der Waals surface area contributed by atoms with Crippen molar-refractivity contribution in [2.45, 2.75) is 77.9 Å². The molecular formula is C18H29N3. The van der Waals surface area contributed by atoms with Crippen molar-refractivity contribution in [2.75, 3.05) is 0 Å². The van der Waals surface area contributed by atoms with Crippen LogP contribution in [0.1, 0.15) is 65.0 Å². The third kappa shape index (κ3) is 2.25. The average Bonchev–Trinajstić information content (AvgIpc) is 2.79. The van der Waals surface area contributed by atoms with E-state index in [1.54, 1.807) is 0 Å². The van der Waals surface area contributed by atoms with Crippen LogP contribution in [0.25, 0.3) is 0 Å². The molecule has 1 heterocycles. The quantitative estimate of drug-likeness (QED) is 0.914. The van der Waals surface area contributed by atoms with Crippen LogP contribution in [0.5, 0.6) is 0 Å². The van der Waals surface area contributed by atoms with Gasteiger partial charge in [0.2, 0.25) is 0 Å². The first-order valence-electron chi connectivity index (χ1n) is 8.67. The molecule has 0 saturated heterocycles. The van der Waals surface area contributed by atoms with E-state index in [1.165, 1.54) is 44.2 Å². The summed E-state index contributed by atoms with van der Waals surface area (Å²) in [6.45, 7) is 9.28. The Balaban J connectivity index is 1.55. The summed E-state index contributed by atoms with van der Waals surface area (Å²) in [6.07, 6.45) is 12.5. The zero-order valence-corrected chi connectivity index (χ0v) is 13.8. The van der Waals surface area contributed by atoms with Crippen LogP contribution in [0, 0.1) is 16.7 Å². The van der Waals surface area contributed by atoms with Crippen molar-refractivity contribution in [2.24, 2.45) is 16.7 Å². The van der Waals surface area contributed by atoms with E-state index in [0.717, 1.165) is 19.0 Å². The molecule has 4 aliphatic rings. The second-order valence-corrected chi connectivity index (χ2v) is 8.93. The van der Waals surface area contributed by atoms with Crippen LogP contribution in [-0.2, 0) is 13.1 Å². The molecule has 0 amide bonds. The second-order valence-electron chi connectivity index (χ2n) is 8.93. The third-order valence-electron chi connectivity index (χ3n) is 6.41. The number of imidazole rings is 1. The van der Waals surface area contributed by atoms with Gasteiger partial charge in [0, 0.05) is 24.8 Å². The van der Waals surface area contributed by atoms with Crippen LogP contribution >= 0.6 is 0 Å². The highest BCUT2D eigenvalue weighted by molar-refractivity contribution is 5.15. The van der Waals surface area contributed by atoms with Crippen molar-refractivity contribution in [3.8, 4) is 0 Å². The van der Waals surface area contributed by atoms with Crippen molar-refractivity contribution < 1.29 is 0 Å². The summed E-state index contributed by atoms with van der Waals surface area (Å²) < 4.78 is 2.26. The summed E-state index contributed by atoms with van der Waals surface area (Å²) in [5.74, 6) is 0.958. The van der Waals surface area contributed by atoms with Crippen molar-refractivity contribution in [3.05, 3.63) is 18.2 Å². The Bertz CT molecular complexity index is 528. The minimum absolute atomic E-state index is 0.395. The maximum Gasteiger partial charge on any atom is 0.0948 e. The standard InChI is InChI=1S/C18H29N3/c1-4-21-13-19-8-15(21)9-20-18-7-14-5-16(2,11-18)10-17(3,6-14)12-18/h8,13-14,20H,4-7,9-12H2,1-3H3. The van der Waals surface area contributed by atoms with E-state index in [4.69, 9.17) is 0 Å². The molecule has 4 bridgehead atoms. The number of nitrogens with one attached hydrogen (secondary N) is 1. The van der Waals surface area contributed by atoms with Gasteiger partial charge in [0.25, 0.3) is 0 Å². The first-order valence-corrected chi connectivity index (χ1v) is 8.67. The molecule has 0 aliphatic heterocycles. The molecule has 2 unspecified atom stereocenters. The van der Waals surface area contributed by atoms with E-state index in [2.05, 4.69) is 35.6 Å². The minimum atomic E-state index is 0.395. The summed E-state index contributed by atoms with van der Waals surface area (Å²) in [7, 11) is 0. The maximum absolute atomic E-state index is 4.31. The molecule has 2 atom stereocenters. The highest BCUT2D eigenvalue weighted by Crippen LogP contribution is 2.66. The third-order valence-corrected chi connectivity index (χ3v) is 6.41. The summed E-state index contributed by atoms with van der Waals surface area (Å²) in [6, 6.07) is 0. The predicted octanol–water partition coefficient (Wildman–Crippen LogP) is 3.74. The smallest absolute Gasteiger partial charge is 0.0948 e. The number of hydrogen-bond acceptors (Lipinski definition) is 2. The Kier molecular flexibility index (Phi) is 2.86. The van der Waals surface area contributed by atoms with Gasteiger partial charge in [0.15, 0.2) is 0 Å². The van der Waals surface area contributed by atoms with Crippen LogP contribution < -0.4 is 5.32 Å². The molecule has 4 fully saturated rings. The number of rotatable bonds is 4. The minimum Gasteiger partial charge on any atom is -0.334 e. The largest absolute Gasteiger partial charge is 0.334 e. The molecule has 4 aliphatic carbocycles. The molecule has 1 aromatic rings. The SMILES string of the molecule is CCn1cncc1CNC12CC3CC(C)(CC(C)(C3)C1)C2. The first kappa shape index (κ1) is 13.8. The molecule has 4 saturated carbocycles. The summed E-state index contributed by atoms with van der Waals surface area (Å²) in [5, 5.41) is 3.99. The molecule has 5 rings (SSSR count). The summed E-state index contributed by atoms with van der Waals surface area (Å²) >= 11 is 0. The van der Waals surface area contributed by atoms with Gasteiger partial charge in [0.1, 0.15) is 0 Å². The van der Waals surface area contributed by atoms with E-state index in [-0.39, 0.29) is 0 Å². The molecular weight excluding hydrogens is 258 g/mol. The van der Waals surface area contributed by atoms with Crippen molar-refractivity contribution in [3.63, 3.8) is 0 Å². The van der Waals surface area contributed by atoms with Crippen molar-refractivity contribution >= 4 is 0 Å². The Morgan fingerprint density at radius 2 is 1.90 bits per heavy atom. The molecule has 0 spiro atoms. The molecule has 1 aromatic heterocycles. The fourth-order valence-electron chi connectivity index (χ4n) is 6.70. The van der Waals surface area contributed by atoms with Gasteiger partial charge in [-0.15, -0.1) is 0 Å². The van der Waals surface area contributed by atoms with Gasteiger partial charge in [-0.3, -0.25) is 0 Å². The Labute approximate surface area is 128 Å². The van der Waals surface area contributed by atoms with Gasteiger partial charge in [-0.25, -0.2) is 4.98 Å². The number of aromatic nitrogens is 2. The second kappa shape index (κ2) is 4.34. The van der Waals surface area contributed by atoms with E-state index in [9.17, 15) is 0 Å². The van der Waals surface area contributed by atoms with Crippen LogP contribution in [-0.4, -0.2) is 15.1 Å². The molecule has 3 nitrogen and oxygen atoms in total. The Morgan fingerprint density at radius 3 is 2.52 bits per heavy atom. The van der Waals surface area contributed by atoms with Crippen LogP contribution in [0.4, 0.5) is 0 Å². The Hall–Kier alpha value is -0.830. The lowest BCUT2D eigenvalue weighted by Gasteiger charge is -2.65. The van der Waals surface area contributed by atoms with Gasteiger partial charge >= 0.3 is 0 Å². The Morgan fingerprint density at radius 1 is 1.19 bits per heavy atom. The summed E-state index contributed by atoms with van der Waals surface area (Å²) in [4.78, 5) is 4.31. The lowest BCUT2D eigenvalue weighted by atomic mass is 9.43. The van der Waals surface area contributed by atoms with Gasteiger partial charge in [0.05, 0.1) is 12.0 Å². The van der Waals surface area contributed by atoms with Crippen LogP contribution in [0.2, 0.25) is 0 Å². The first-order chi connectivity index (χ1) is 9.93. The van der Waals surface area contributed by atoms with Crippen LogP contribution in [0.15, 0.2) is 12.5 Å². The maximum atomic E-state index is 4.31. The fraction of sp³-hybridized carbons (Fsp3) is 0.833. The zero-order valence-electron chi connectivity index (χ0n) is 13.8. The highest BCUT2D eigenvalue weighted by atomic mass is 15.1. The lowest BCUT2D eigenvalue weighted by molar-refractivity contribution is -0.118. The monoisotopic (exact) mass is 287 g/mol. The predicted molar refractivity (Wildman–Crippen MR) is 84.9 cm³/mol. The molecule has 21 heavy (non-hydrogen) atoms. The molecule has 0 radical (unpaired) electrons. The van der Waals surface area contributed by atoms with E-state index >= 15 is 0 Å². The number of nitrogens with zero attached hydrogens (tertiary/aromatic N) is 2. The van der Waals surface area contributed by atoms with E-state index in [1.807, 2.05) is 12.5 Å². The highest BCUT2D eigenvalue weighted by Gasteiger charge is 2.59. The molecule has 116 valence electrons. The molecule has 0 aromatic carbocycles. The zero-order chi connectivity index (χ0) is 14.7. The van der Waals surface area contributed by atoms with E-state index < -0.39 is 0 Å². The van der Waals surface area contributed by atoms with E-state index in [0.29, 0.717) is 16.4 Å². The molecule has 3 heteroatoms. The number of aryl methyl sites for hydroxylation is 1. The molecule has 1 N–H and O–H groups in total. The fourth-order valence-corrected chi connectivity index (χ4v) is 6.70. The summed E-state index contributed by atoms with van der Waals surface area (Å²) in [5.41, 5.74) is 2.91. The average molecular weight is 287 g/mol. The van der Waals surface area contributed by atoms with Gasteiger partial charge in [-0.2, -0.15) is 0 Å².